The Balaban J connectivity index is 2.60. The van der Waals surface area contributed by atoms with E-state index in [0.29, 0.717) is 11.9 Å². The Morgan fingerprint density at radius 1 is 1.21 bits per heavy atom. The number of halogens is 4. The smallest absolute Gasteiger partial charge is 0.212 e. The molecule has 1 saturated carbocycles. The van der Waals surface area contributed by atoms with Gasteiger partial charge in [0.05, 0.1) is 5.75 Å². The minimum absolute atomic E-state index is 0.0339. The third-order valence-corrected chi connectivity index (χ3v) is 5.61. The minimum atomic E-state index is -4.29. The monoisotopic (exact) mass is 365 g/mol. The van der Waals surface area contributed by atoms with Crippen LogP contribution in [0.3, 0.4) is 0 Å². The minimum Gasteiger partial charge on any atom is -0.212 e. The highest BCUT2D eigenvalue weighted by Gasteiger charge is 2.33. The van der Waals surface area contributed by atoms with Crippen molar-refractivity contribution in [2.45, 2.75) is 50.7 Å². The highest BCUT2D eigenvalue weighted by atomic mass is 79.9. The second-order valence-corrected chi connectivity index (χ2v) is 7.61. The van der Waals surface area contributed by atoms with E-state index in [2.05, 4.69) is 15.9 Å². The zero-order chi connectivity index (χ0) is 14.5. The van der Waals surface area contributed by atoms with Crippen molar-refractivity contribution >= 4 is 26.0 Å². The number of hydrogen-bond donors (Lipinski definition) is 0. The van der Waals surface area contributed by atoms with Crippen molar-refractivity contribution in [2.24, 2.45) is 0 Å². The van der Waals surface area contributed by atoms with Gasteiger partial charge in [-0.15, -0.1) is 0 Å². The quantitative estimate of drug-likeness (QED) is 0.649. The average Bonchev–Trinajstić information content (AvgIpc) is 2.76. The molecule has 8 heteroatoms. The summed E-state index contributed by atoms with van der Waals surface area (Å²) in [5.74, 6) is -0.421. The summed E-state index contributed by atoms with van der Waals surface area (Å²) in [5, 5.41) is 0.502. The van der Waals surface area contributed by atoms with Gasteiger partial charge < -0.3 is 0 Å². The standard InChI is InChI=1S/C11H19BrF3NO2S/c12-7-8-16(10-4-1-2-5-10)19(17,18)9-3-6-11(13,14)15/h10H,1-9H2. The topological polar surface area (TPSA) is 37.4 Å². The summed E-state index contributed by atoms with van der Waals surface area (Å²) < 4.78 is 61.9. The molecule has 1 rings (SSSR count). The Kier molecular flexibility index (Phi) is 6.59. The molecule has 0 heterocycles. The predicted molar refractivity (Wildman–Crippen MR) is 71.8 cm³/mol. The number of nitrogens with zero attached hydrogens (tertiary/aromatic N) is 1. The molecule has 1 aliphatic rings. The fraction of sp³-hybridized carbons (Fsp3) is 1.00. The summed E-state index contributed by atoms with van der Waals surface area (Å²) in [6, 6.07) is -0.0339. The molecule has 0 amide bonds. The lowest BCUT2D eigenvalue weighted by atomic mass is 10.2. The Morgan fingerprint density at radius 3 is 2.26 bits per heavy atom. The number of hydrogen-bond acceptors (Lipinski definition) is 2. The molecule has 0 radical (unpaired) electrons. The second-order valence-electron chi connectivity index (χ2n) is 4.77. The molecule has 0 aliphatic heterocycles. The van der Waals surface area contributed by atoms with Crippen LogP contribution in [-0.4, -0.2) is 42.6 Å². The lowest BCUT2D eigenvalue weighted by Gasteiger charge is -2.27. The van der Waals surface area contributed by atoms with Crippen molar-refractivity contribution in [3.63, 3.8) is 0 Å². The Bertz CT molecular complexity index is 367. The maximum Gasteiger partial charge on any atom is 0.389 e. The fourth-order valence-electron chi connectivity index (χ4n) is 2.40. The van der Waals surface area contributed by atoms with Crippen molar-refractivity contribution in [1.29, 1.82) is 0 Å². The summed E-state index contributed by atoms with van der Waals surface area (Å²) >= 11 is 3.20. The van der Waals surface area contributed by atoms with Gasteiger partial charge in [0.15, 0.2) is 0 Å². The largest absolute Gasteiger partial charge is 0.389 e. The molecule has 0 N–H and O–H groups in total. The number of sulfonamides is 1. The zero-order valence-corrected chi connectivity index (χ0v) is 13.0. The molecule has 0 aromatic carbocycles. The maximum absolute atomic E-state index is 12.1. The maximum atomic E-state index is 12.1. The first-order chi connectivity index (χ1) is 8.76. The van der Waals surface area contributed by atoms with Crippen LogP contribution < -0.4 is 0 Å². The summed E-state index contributed by atoms with van der Waals surface area (Å²) in [5.41, 5.74) is 0. The molecule has 0 aromatic rings. The summed E-state index contributed by atoms with van der Waals surface area (Å²) in [4.78, 5) is 0. The molecule has 0 spiro atoms. The second kappa shape index (κ2) is 7.26. The van der Waals surface area contributed by atoms with E-state index in [4.69, 9.17) is 0 Å². The van der Waals surface area contributed by atoms with Crippen LogP contribution in [0.2, 0.25) is 0 Å². The van der Waals surface area contributed by atoms with Gasteiger partial charge in [-0.3, -0.25) is 0 Å². The molecule has 114 valence electrons. The van der Waals surface area contributed by atoms with Crippen LogP contribution in [-0.2, 0) is 10.0 Å². The van der Waals surface area contributed by atoms with E-state index in [1.165, 1.54) is 4.31 Å². The Hall–Kier alpha value is 0.180. The number of rotatable bonds is 7. The zero-order valence-electron chi connectivity index (χ0n) is 10.6. The third kappa shape index (κ3) is 5.99. The van der Waals surface area contributed by atoms with E-state index in [1.54, 1.807) is 0 Å². The molecule has 0 unspecified atom stereocenters. The van der Waals surface area contributed by atoms with Gasteiger partial charge in [0.25, 0.3) is 0 Å². The lowest BCUT2D eigenvalue weighted by Crippen LogP contribution is -2.41. The summed E-state index contributed by atoms with van der Waals surface area (Å²) in [6.45, 7) is 0.332. The highest BCUT2D eigenvalue weighted by molar-refractivity contribution is 9.09. The van der Waals surface area contributed by atoms with E-state index in [0.717, 1.165) is 25.7 Å². The molecule has 0 saturated heterocycles. The van der Waals surface area contributed by atoms with E-state index in [9.17, 15) is 21.6 Å². The van der Waals surface area contributed by atoms with Crippen LogP contribution in [0, 0.1) is 0 Å². The van der Waals surface area contributed by atoms with Crippen molar-refractivity contribution in [2.75, 3.05) is 17.6 Å². The van der Waals surface area contributed by atoms with Gasteiger partial charge in [0.1, 0.15) is 0 Å². The Labute approximate surface area is 120 Å². The third-order valence-electron chi connectivity index (χ3n) is 3.26. The van der Waals surface area contributed by atoms with E-state index < -0.39 is 28.4 Å². The molecule has 0 aromatic heterocycles. The SMILES string of the molecule is O=S(=O)(CCCC(F)(F)F)N(CCBr)C1CCCC1. The normalized spacial score (nSPS) is 18.4. The summed E-state index contributed by atoms with van der Waals surface area (Å²) in [7, 11) is -3.59. The molecular formula is C11H19BrF3NO2S. The lowest BCUT2D eigenvalue weighted by molar-refractivity contribution is -0.134. The fourth-order valence-corrected chi connectivity index (χ4v) is 4.79. The predicted octanol–water partition coefficient (Wildman–Crippen LogP) is 3.30. The van der Waals surface area contributed by atoms with Gasteiger partial charge in [0, 0.05) is 24.3 Å². The van der Waals surface area contributed by atoms with Crippen molar-refractivity contribution in [3.05, 3.63) is 0 Å². The van der Waals surface area contributed by atoms with Crippen LogP contribution >= 0.6 is 15.9 Å². The van der Waals surface area contributed by atoms with Gasteiger partial charge in [-0.25, -0.2) is 8.42 Å². The van der Waals surface area contributed by atoms with Gasteiger partial charge >= 0.3 is 6.18 Å². The van der Waals surface area contributed by atoms with Crippen LogP contribution in [0.5, 0.6) is 0 Å². The molecule has 0 atom stereocenters. The van der Waals surface area contributed by atoms with Gasteiger partial charge in [-0.1, -0.05) is 28.8 Å². The van der Waals surface area contributed by atoms with Gasteiger partial charge in [-0.2, -0.15) is 17.5 Å². The first kappa shape index (κ1) is 17.2. The van der Waals surface area contributed by atoms with Crippen LogP contribution in [0.15, 0.2) is 0 Å². The molecule has 19 heavy (non-hydrogen) atoms. The van der Waals surface area contributed by atoms with Crippen molar-refractivity contribution in [1.82, 2.24) is 4.31 Å². The first-order valence-electron chi connectivity index (χ1n) is 6.38. The molecule has 1 fully saturated rings. The Morgan fingerprint density at radius 2 is 1.79 bits per heavy atom. The molecule has 1 aliphatic carbocycles. The first-order valence-corrected chi connectivity index (χ1v) is 9.11. The van der Waals surface area contributed by atoms with Crippen molar-refractivity contribution in [3.8, 4) is 0 Å². The van der Waals surface area contributed by atoms with Gasteiger partial charge in [-0.05, 0) is 19.3 Å². The van der Waals surface area contributed by atoms with Crippen LogP contribution in [0.1, 0.15) is 38.5 Å². The van der Waals surface area contributed by atoms with E-state index >= 15 is 0 Å². The van der Waals surface area contributed by atoms with Crippen molar-refractivity contribution < 1.29 is 21.6 Å². The highest BCUT2D eigenvalue weighted by Crippen LogP contribution is 2.27. The number of alkyl halides is 4. The van der Waals surface area contributed by atoms with Gasteiger partial charge in [0.2, 0.25) is 10.0 Å². The summed E-state index contributed by atoms with van der Waals surface area (Å²) in [6.07, 6.45) is -2.10. The molecular weight excluding hydrogens is 347 g/mol. The van der Waals surface area contributed by atoms with E-state index in [1.807, 2.05) is 0 Å². The average molecular weight is 366 g/mol. The van der Waals surface area contributed by atoms with Crippen LogP contribution in [0.25, 0.3) is 0 Å². The molecule has 3 nitrogen and oxygen atoms in total. The van der Waals surface area contributed by atoms with Crippen LogP contribution in [0.4, 0.5) is 13.2 Å². The van der Waals surface area contributed by atoms with E-state index in [-0.39, 0.29) is 12.5 Å². The molecule has 0 bridgehead atoms.